The Hall–Kier alpha value is -0.580. The van der Waals surface area contributed by atoms with Crippen molar-refractivity contribution in [3.8, 4) is 5.75 Å². The zero-order chi connectivity index (χ0) is 16.8. The van der Waals surface area contributed by atoms with Gasteiger partial charge in [0.1, 0.15) is 12.4 Å². The fraction of sp³-hybridized carbons (Fsp3) is 0.684. The minimum absolute atomic E-state index is 0.593. The molecule has 130 valence electrons. The molecular weight excluding hydrogens is 354 g/mol. The van der Waals surface area contributed by atoms with Crippen molar-refractivity contribution >= 4 is 15.9 Å². The monoisotopic (exact) mass is 383 g/mol. The molecule has 0 bridgehead atoms. The molecule has 0 unspecified atom stereocenters. The number of benzene rings is 1. The minimum Gasteiger partial charge on any atom is -0.490 e. The van der Waals surface area contributed by atoms with E-state index in [1.807, 2.05) is 0 Å². The van der Waals surface area contributed by atoms with Crippen LogP contribution in [0.1, 0.15) is 31.4 Å². The molecule has 1 aliphatic rings. The Morgan fingerprint density at radius 2 is 1.78 bits per heavy atom. The van der Waals surface area contributed by atoms with Crippen LogP contribution in [0.2, 0.25) is 0 Å². The van der Waals surface area contributed by atoms with Crippen LogP contribution in [0.3, 0.4) is 0 Å². The van der Waals surface area contributed by atoms with Crippen molar-refractivity contribution in [1.29, 1.82) is 0 Å². The van der Waals surface area contributed by atoms with Crippen LogP contribution in [0.5, 0.6) is 5.75 Å². The third kappa shape index (κ3) is 6.09. The van der Waals surface area contributed by atoms with Gasteiger partial charge in [0.25, 0.3) is 0 Å². The molecule has 1 heterocycles. The average Bonchev–Trinajstić information content (AvgIpc) is 2.43. The first-order valence-corrected chi connectivity index (χ1v) is 9.44. The van der Waals surface area contributed by atoms with Crippen LogP contribution < -0.4 is 4.74 Å². The summed E-state index contributed by atoms with van der Waals surface area (Å²) in [7, 11) is 0. The molecule has 0 radical (unpaired) electrons. The molecule has 23 heavy (non-hydrogen) atoms. The number of halogens is 1. The van der Waals surface area contributed by atoms with E-state index in [4.69, 9.17) is 9.47 Å². The van der Waals surface area contributed by atoms with Crippen LogP contribution in [0.25, 0.3) is 0 Å². The molecule has 2 rings (SSSR count). The zero-order valence-corrected chi connectivity index (χ0v) is 16.5. The molecular formula is C19H30BrNO2. The van der Waals surface area contributed by atoms with Crippen LogP contribution in [0, 0.1) is 25.7 Å². The lowest BCUT2D eigenvalue weighted by Gasteiger charge is -2.34. The number of nitrogens with zero attached hydrogens (tertiary/aromatic N) is 1. The van der Waals surface area contributed by atoms with Crippen LogP contribution in [-0.4, -0.2) is 44.4 Å². The predicted molar refractivity (Wildman–Crippen MR) is 99.3 cm³/mol. The highest BCUT2D eigenvalue weighted by Gasteiger charge is 2.21. The standard InChI is InChI=1S/C19H30BrNO2/c1-14-10-17(4)19(18(20)11-14)23-8-7-22-6-5-21-12-15(2)9-16(3)13-21/h10-11,15-16H,5-9,12-13H2,1-4H3/t15-,16+. The molecule has 0 aliphatic carbocycles. The smallest absolute Gasteiger partial charge is 0.136 e. The minimum atomic E-state index is 0.593. The fourth-order valence-electron chi connectivity index (χ4n) is 3.56. The SMILES string of the molecule is Cc1cc(C)c(OCCOCCN2C[C@H](C)C[C@H](C)C2)c(Br)c1. The summed E-state index contributed by atoms with van der Waals surface area (Å²) >= 11 is 3.57. The van der Waals surface area contributed by atoms with Gasteiger partial charge in [-0.25, -0.2) is 0 Å². The van der Waals surface area contributed by atoms with E-state index in [2.05, 4.69) is 60.7 Å². The van der Waals surface area contributed by atoms with E-state index in [9.17, 15) is 0 Å². The summed E-state index contributed by atoms with van der Waals surface area (Å²) < 4.78 is 12.6. The Morgan fingerprint density at radius 3 is 2.43 bits per heavy atom. The van der Waals surface area contributed by atoms with Gasteiger partial charge in [0.2, 0.25) is 0 Å². The van der Waals surface area contributed by atoms with Crippen molar-refractivity contribution < 1.29 is 9.47 Å². The molecule has 0 N–H and O–H groups in total. The van der Waals surface area contributed by atoms with E-state index < -0.39 is 0 Å². The molecule has 1 fully saturated rings. The number of piperidine rings is 1. The maximum Gasteiger partial charge on any atom is 0.136 e. The second-order valence-electron chi connectivity index (χ2n) is 7.06. The molecule has 0 spiro atoms. The summed E-state index contributed by atoms with van der Waals surface area (Å²) in [6.45, 7) is 14.3. The molecule has 4 heteroatoms. The van der Waals surface area contributed by atoms with Gasteiger partial charge in [-0.2, -0.15) is 0 Å². The summed E-state index contributed by atoms with van der Waals surface area (Å²) in [5.41, 5.74) is 2.40. The maximum atomic E-state index is 5.86. The van der Waals surface area contributed by atoms with Gasteiger partial charge in [-0.3, -0.25) is 0 Å². The van der Waals surface area contributed by atoms with Gasteiger partial charge >= 0.3 is 0 Å². The van der Waals surface area contributed by atoms with E-state index in [-0.39, 0.29) is 0 Å². The maximum absolute atomic E-state index is 5.86. The first-order valence-electron chi connectivity index (χ1n) is 8.65. The number of hydrogen-bond donors (Lipinski definition) is 0. The Labute approximate surface area is 149 Å². The Balaban J connectivity index is 1.63. The Morgan fingerprint density at radius 1 is 1.09 bits per heavy atom. The van der Waals surface area contributed by atoms with E-state index >= 15 is 0 Å². The van der Waals surface area contributed by atoms with Crippen molar-refractivity contribution in [1.82, 2.24) is 4.90 Å². The number of ether oxygens (including phenoxy) is 2. The molecule has 1 aliphatic heterocycles. The molecule has 2 atom stereocenters. The summed E-state index contributed by atoms with van der Waals surface area (Å²) in [4.78, 5) is 2.53. The van der Waals surface area contributed by atoms with Crippen molar-refractivity contribution in [2.45, 2.75) is 34.1 Å². The van der Waals surface area contributed by atoms with Crippen LogP contribution in [0.4, 0.5) is 0 Å². The molecule has 1 aromatic rings. The van der Waals surface area contributed by atoms with Crippen LogP contribution >= 0.6 is 15.9 Å². The number of aryl methyl sites for hydroxylation is 2. The van der Waals surface area contributed by atoms with Crippen molar-refractivity contribution in [2.75, 3.05) is 39.5 Å². The molecule has 1 aromatic carbocycles. The fourth-order valence-corrected chi connectivity index (χ4v) is 4.35. The van der Waals surface area contributed by atoms with Gasteiger partial charge < -0.3 is 14.4 Å². The topological polar surface area (TPSA) is 21.7 Å². The van der Waals surface area contributed by atoms with E-state index in [1.165, 1.54) is 25.1 Å². The van der Waals surface area contributed by atoms with Gasteiger partial charge in [0.15, 0.2) is 0 Å². The van der Waals surface area contributed by atoms with Crippen molar-refractivity contribution in [3.05, 3.63) is 27.7 Å². The van der Waals surface area contributed by atoms with E-state index in [0.29, 0.717) is 13.2 Å². The summed E-state index contributed by atoms with van der Waals surface area (Å²) in [6.07, 6.45) is 1.36. The van der Waals surface area contributed by atoms with Gasteiger partial charge in [0, 0.05) is 19.6 Å². The van der Waals surface area contributed by atoms with E-state index in [0.717, 1.165) is 40.8 Å². The molecule has 0 aromatic heterocycles. The summed E-state index contributed by atoms with van der Waals surface area (Å²) in [5.74, 6) is 2.55. The predicted octanol–water partition coefficient (Wildman–Crippen LogP) is 4.44. The summed E-state index contributed by atoms with van der Waals surface area (Å²) in [5, 5.41) is 0. The largest absolute Gasteiger partial charge is 0.490 e. The average molecular weight is 384 g/mol. The van der Waals surface area contributed by atoms with Gasteiger partial charge in [-0.05, 0) is 65.2 Å². The van der Waals surface area contributed by atoms with Crippen LogP contribution in [-0.2, 0) is 4.74 Å². The Kier molecular flexibility index (Phi) is 7.38. The zero-order valence-electron chi connectivity index (χ0n) is 14.9. The molecule has 1 saturated heterocycles. The second kappa shape index (κ2) is 9.05. The number of rotatable bonds is 7. The first-order chi connectivity index (χ1) is 11.0. The van der Waals surface area contributed by atoms with Gasteiger partial charge in [-0.1, -0.05) is 19.9 Å². The van der Waals surface area contributed by atoms with Crippen LogP contribution in [0.15, 0.2) is 16.6 Å². The summed E-state index contributed by atoms with van der Waals surface area (Å²) in [6, 6.07) is 4.22. The lowest BCUT2D eigenvalue weighted by atomic mass is 9.92. The lowest BCUT2D eigenvalue weighted by Crippen LogP contribution is -2.40. The normalized spacial score (nSPS) is 22.3. The van der Waals surface area contributed by atoms with E-state index in [1.54, 1.807) is 0 Å². The van der Waals surface area contributed by atoms with Crippen molar-refractivity contribution in [3.63, 3.8) is 0 Å². The lowest BCUT2D eigenvalue weighted by molar-refractivity contribution is 0.0593. The molecule has 0 amide bonds. The highest BCUT2D eigenvalue weighted by atomic mass is 79.9. The molecule has 3 nitrogen and oxygen atoms in total. The highest BCUT2D eigenvalue weighted by Crippen LogP contribution is 2.30. The number of hydrogen-bond acceptors (Lipinski definition) is 3. The highest BCUT2D eigenvalue weighted by molar-refractivity contribution is 9.10. The number of likely N-dealkylation sites (tertiary alicyclic amines) is 1. The van der Waals surface area contributed by atoms with Gasteiger partial charge in [-0.15, -0.1) is 0 Å². The molecule has 0 saturated carbocycles. The third-order valence-electron chi connectivity index (χ3n) is 4.34. The first kappa shape index (κ1) is 18.8. The third-order valence-corrected chi connectivity index (χ3v) is 4.93. The van der Waals surface area contributed by atoms with Crippen molar-refractivity contribution in [2.24, 2.45) is 11.8 Å². The second-order valence-corrected chi connectivity index (χ2v) is 7.91. The van der Waals surface area contributed by atoms with Gasteiger partial charge in [0.05, 0.1) is 17.7 Å². The quantitative estimate of drug-likeness (QED) is 0.649. The Bertz CT molecular complexity index is 473.